The fourth-order valence-corrected chi connectivity index (χ4v) is 7.15. The first-order valence-corrected chi connectivity index (χ1v) is 16.3. The van der Waals surface area contributed by atoms with Crippen molar-refractivity contribution in [2.75, 3.05) is 20.8 Å². The molecule has 1 aliphatic heterocycles. The highest BCUT2D eigenvalue weighted by molar-refractivity contribution is 7.07. The molecule has 0 saturated heterocycles. The molecule has 8 nitrogen and oxygen atoms in total. The maximum atomic E-state index is 14.3. The van der Waals surface area contributed by atoms with Crippen LogP contribution >= 0.6 is 34.5 Å². The maximum Gasteiger partial charge on any atom is 0.338 e. The Morgan fingerprint density at radius 1 is 0.979 bits per heavy atom. The van der Waals surface area contributed by atoms with Crippen LogP contribution in [0.5, 0.6) is 17.2 Å². The highest BCUT2D eigenvalue weighted by atomic mass is 35.5. The van der Waals surface area contributed by atoms with Gasteiger partial charge in [0.1, 0.15) is 18.4 Å². The number of ether oxygens (including phenoxy) is 4. The summed E-state index contributed by atoms with van der Waals surface area (Å²) in [5.41, 5.74) is 2.62. The SMILES string of the molecule is CCOC(=O)C1=C(C)N=c2s/c(=C\c3ccc(OCc4ccc(Cl)cc4Cl)c(OC)c3)c(=O)n2[C@H]1c1c(OC)ccc2ccccc12. The number of rotatable bonds is 9. The van der Waals surface area contributed by atoms with Crippen molar-refractivity contribution in [3.05, 3.63) is 130 Å². The first-order valence-electron chi connectivity index (χ1n) is 14.7. The van der Waals surface area contributed by atoms with Gasteiger partial charge in [-0.2, -0.15) is 0 Å². The van der Waals surface area contributed by atoms with Gasteiger partial charge in [-0.15, -0.1) is 0 Å². The zero-order valence-electron chi connectivity index (χ0n) is 26.0. The molecule has 0 amide bonds. The smallest absolute Gasteiger partial charge is 0.338 e. The van der Waals surface area contributed by atoms with Crippen LogP contribution in [0.1, 0.15) is 36.6 Å². The van der Waals surface area contributed by atoms with Crippen LogP contribution in [-0.4, -0.2) is 31.4 Å². The lowest BCUT2D eigenvalue weighted by Crippen LogP contribution is -2.40. The Morgan fingerprint density at radius 2 is 1.74 bits per heavy atom. The predicted molar refractivity (Wildman–Crippen MR) is 185 cm³/mol. The van der Waals surface area contributed by atoms with Gasteiger partial charge in [-0.05, 0) is 66.6 Å². The van der Waals surface area contributed by atoms with E-state index < -0.39 is 12.0 Å². The van der Waals surface area contributed by atoms with Crippen LogP contribution in [-0.2, 0) is 16.1 Å². The standard InChI is InChI=1S/C36H30Cl2N2O6S/c1-5-45-35(42)31-20(2)39-36-40(33(31)32-25-9-7-6-8-22(25)12-15-28(32)43-3)34(41)30(47-36)17-21-10-14-27(29(16-21)44-4)46-19-23-11-13-24(37)18-26(23)38/h6-18,33H,5,19H2,1-4H3/b30-17-/t33-/m1/s1. The van der Waals surface area contributed by atoms with Crippen LogP contribution in [0.2, 0.25) is 10.0 Å². The van der Waals surface area contributed by atoms with E-state index in [0.717, 1.165) is 16.3 Å². The Hall–Kier alpha value is -4.57. The average Bonchev–Trinajstić information content (AvgIpc) is 3.37. The Bertz CT molecular complexity index is 2240. The molecule has 0 spiro atoms. The molecular weight excluding hydrogens is 659 g/mol. The van der Waals surface area contributed by atoms with Crippen molar-refractivity contribution in [2.24, 2.45) is 4.99 Å². The largest absolute Gasteiger partial charge is 0.496 e. The van der Waals surface area contributed by atoms with Gasteiger partial charge in [0.2, 0.25) is 0 Å². The third-order valence-corrected chi connectivity index (χ3v) is 9.39. The molecule has 1 atom stereocenters. The molecule has 1 aliphatic rings. The van der Waals surface area contributed by atoms with E-state index in [4.69, 9.17) is 47.1 Å². The summed E-state index contributed by atoms with van der Waals surface area (Å²) in [6.45, 7) is 3.89. The van der Waals surface area contributed by atoms with Gasteiger partial charge in [-0.1, -0.05) is 77.0 Å². The molecule has 0 saturated carbocycles. The molecule has 0 bridgehead atoms. The summed E-state index contributed by atoms with van der Waals surface area (Å²) in [5.74, 6) is 0.994. The lowest BCUT2D eigenvalue weighted by molar-refractivity contribution is -0.139. The number of hydrogen-bond donors (Lipinski definition) is 0. The second-order valence-corrected chi connectivity index (χ2v) is 12.5. The third-order valence-electron chi connectivity index (χ3n) is 7.82. The van der Waals surface area contributed by atoms with E-state index in [1.807, 2.05) is 42.5 Å². The van der Waals surface area contributed by atoms with Gasteiger partial charge in [-0.3, -0.25) is 9.36 Å². The van der Waals surface area contributed by atoms with E-state index in [0.29, 0.717) is 53.5 Å². The minimum atomic E-state index is -0.835. The molecule has 0 unspecified atom stereocenters. The van der Waals surface area contributed by atoms with Gasteiger partial charge in [0.15, 0.2) is 16.3 Å². The number of thiazole rings is 1. The topological polar surface area (TPSA) is 88.4 Å². The zero-order valence-corrected chi connectivity index (χ0v) is 28.3. The molecule has 47 heavy (non-hydrogen) atoms. The van der Waals surface area contributed by atoms with Crippen LogP contribution in [0.25, 0.3) is 16.8 Å². The van der Waals surface area contributed by atoms with Crippen LogP contribution < -0.4 is 29.1 Å². The maximum absolute atomic E-state index is 14.3. The molecule has 5 aromatic rings. The normalized spacial score (nSPS) is 14.5. The molecule has 0 fully saturated rings. The second-order valence-electron chi connectivity index (χ2n) is 10.6. The number of nitrogens with zero attached hydrogens (tertiary/aromatic N) is 2. The average molecular weight is 690 g/mol. The molecule has 0 N–H and O–H groups in total. The molecule has 11 heteroatoms. The number of methoxy groups -OCH3 is 2. The summed E-state index contributed by atoms with van der Waals surface area (Å²) < 4.78 is 24.9. The molecule has 240 valence electrons. The lowest BCUT2D eigenvalue weighted by atomic mass is 9.90. The number of fused-ring (bicyclic) bond motifs is 2. The van der Waals surface area contributed by atoms with Gasteiger partial charge in [0.05, 0.1) is 36.6 Å². The Kier molecular flexibility index (Phi) is 9.40. The highest BCUT2D eigenvalue weighted by Gasteiger charge is 2.36. The number of allylic oxidation sites excluding steroid dienone is 1. The van der Waals surface area contributed by atoms with E-state index in [-0.39, 0.29) is 24.3 Å². The van der Waals surface area contributed by atoms with Crippen molar-refractivity contribution in [2.45, 2.75) is 26.5 Å². The Balaban J connectivity index is 1.46. The molecule has 0 aliphatic carbocycles. The Labute approximate surface area is 284 Å². The molecule has 2 heterocycles. The van der Waals surface area contributed by atoms with Crippen LogP contribution in [0.3, 0.4) is 0 Å². The van der Waals surface area contributed by atoms with Gasteiger partial charge >= 0.3 is 5.97 Å². The van der Waals surface area contributed by atoms with Gasteiger partial charge in [0.25, 0.3) is 5.56 Å². The summed E-state index contributed by atoms with van der Waals surface area (Å²) in [7, 11) is 3.12. The number of benzene rings is 4. The molecule has 6 rings (SSSR count). The van der Waals surface area contributed by atoms with Crippen molar-refractivity contribution in [1.29, 1.82) is 0 Å². The summed E-state index contributed by atoms with van der Waals surface area (Å²) in [5, 5.41) is 2.84. The summed E-state index contributed by atoms with van der Waals surface area (Å²) in [4.78, 5) is 33.0. The number of carbonyl (C=O) groups excluding carboxylic acids is 1. The number of esters is 1. The van der Waals surface area contributed by atoms with Gasteiger partial charge in [0, 0.05) is 21.2 Å². The fraction of sp³-hybridized carbons (Fsp3) is 0.194. The number of aromatic nitrogens is 1. The second kappa shape index (κ2) is 13.7. The predicted octanol–water partition coefficient (Wildman–Crippen LogP) is 6.85. The van der Waals surface area contributed by atoms with Crippen molar-refractivity contribution in [3.63, 3.8) is 0 Å². The monoisotopic (exact) mass is 688 g/mol. The third kappa shape index (κ3) is 6.26. The van der Waals surface area contributed by atoms with Crippen LogP contribution in [0.15, 0.2) is 93.9 Å². The van der Waals surface area contributed by atoms with Crippen molar-refractivity contribution in [3.8, 4) is 17.2 Å². The minimum Gasteiger partial charge on any atom is -0.496 e. The molecule has 1 aromatic heterocycles. The van der Waals surface area contributed by atoms with Crippen LogP contribution in [0, 0.1) is 0 Å². The van der Waals surface area contributed by atoms with Gasteiger partial charge in [-0.25, -0.2) is 9.79 Å². The van der Waals surface area contributed by atoms with Crippen molar-refractivity contribution < 1.29 is 23.7 Å². The fourth-order valence-electron chi connectivity index (χ4n) is 5.64. The number of hydrogen-bond acceptors (Lipinski definition) is 8. The quantitative estimate of drug-likeness (QED) is 0.157. The van der Waals surface area contributed by atoms with Crippen molar-refractivity contribution in [1.82, 2.24) is 4.57 Å². The summed E-state index contributed by atoms with van der Waals surface area (Å²) in [6.07, 6.45) is 1.77. The number of carbonyl (C=O) groups is 1. The summed E-state index contributed by atoms with van der Waals surface area (Å²) in [6, 6.07) is 21.4. The highest BCUT2D eigenvalue weighted by Crippen LogP contribution is 2.40. The first kappa shape index (κ1) is 32.4. The van der Waals surface area contributed by atoms with E-state index in [2.05, 4.69) is 0 Å². The van der Waals surface area contributed by atoms with Crippen LogP contribution in [0.4, 0.5) is 0 Å². The van der Waals surface area contributed by atoms with E-state index in [9.17, 15) is 9.59 Å². The summed E-state index contributed by atoms with van der Waals surface area (Å²) >= 11 is 13.6. The zero-order chi connectivity index (χ0) is 33.2. The number of halogens is 2. The molecule has 0 radical (unpaired) electrons. The van der Waals surface area contributed by atoms with Gasteiger partial charge < -0.3 is 18.9 Å². The lowest BCUT2D eigenvalue weighted by Gasteiger charge is -2.27. The van der Waals surface area contributed by atoms with E-state index in [1.165, 1.54) is 11.3 Å². The first-order chi connectivity index (χ1) is 22.7. The minimum absolute atomic E-state index is 0.174. The Morgan fingerprint density at radius 3 is 2.49 bits per heavy atom. The molecular formula is C36H30Cl2N2O6S. The van der Waals surface area contributed by atoms with E-state index >= 15 is 0 Å². The molecule has 4 aromatic carbocycles. The van der Waals surface area contributed by atoms with Crippen molar-refractivity contribution >= 4 is 57.4 Å². The van der Waals surface area contributed by atoms with E-state index in [1.54, 1.807) is 69.0 Å².